The number of nitrogens with one attached hydrogen (secondary N) is 1. The molecule has 1 aliphatic heterocycles. The SMILES string of the molecule is CN(Cc1ccccn1)C(=O)NC1CCN(Cc2ccccc2)CC1. The minimum Gasteiger partial charge on any atom is -0.335 e. The Hall–Kier alpha value is -2.40. The Morgan fingerprint density at radius 1 is 1.16 bits per heavy atom. The van der Waals surface area contributed by atoms with Crippen LogP contribution in [0.2, 0.25) is 0 Å². The van der Waals surface area contributed by atoms with Crippen LogP contribution >= 0.6 is 0 Å². The van der Waals surface area contributed by atoms with Gasteiger partial charge in [-0.1, -0.05) is 36.4 Å². The zero-order valence-corrected chi connectivity index (χ0v) is 14.8. The van der Waals surface area contributed by atoms with E-state index in [1.807, 2.05) is 31.3 Å². The van der Waals surface area contributed by atoms with Gasteiger partial charge in [-0.05, 0) is 30.5 Å². The van der Waals surface area contributed by atoms with Gasteiger partial charge in [0.1, 0.15) is 0 Å². The average Bonchev–Trinajstić information content (AvgIpc) is 2.65. The molecule has 0 atom stereocenters. The van der Waals surface area contributed by atoms with Crippen LogP contribution in [0.15, 0.2) is 54.7 Å². The quantitative estimate of drug-likeness (QED) is 0.912. The second-order valence-corrected chi connectivity index (χ2v) is 6.66. The molecule has 2 aromatic rings. The average molecular weight is 338 g/mol. The van der Waals surface area contributed by atoms with E-state index in [1.54, 1.807) is 11.1 Å². The van der Waals surface area contributed by atoms with Crippen LogP contribution in [-0.2, 0) is 13.1 Å². The van der Waals surface area contributed by atoms with E-state index in [1.165, 1.54) is 5.56 Å². The Kier molecular flexibility index (Phi) is 6.01. The van der Waals surface area contributed by atoms with Crippen LogP contribution < -0.4 is 5.32 Å². The minimum absolute atomic E-state index is 0.0211. The van der Waals surface area contributed by atoms with Crippen LogP contribution in [-0.4, -0.2) is 47.0 Å². The standard InChI is InChI=1S/C20H26N4O/c1-23(16-19-9-5-6-12-21-19)20(25)22-18-10-13-24(14-11-18)15-17-7-3-2-4-8-17/h2-9,12,18H,10-11,13-16H2,1H3,(H,22,25). The van der Waals surface area contributed by atoms with Gasteiger partial charge in [-0.15, -0.1) is 0 Å². The smallest absolute Gasteiger partial charge is 0.317 e. The van der Waals surface area contributed by atoms with Crippen LogP contribution in [0.3, 0.4) is 0 Å². The molecule has 0 saturated carbocycles. The Morgan fingerprint density at radius 2 is 1.88 bits per heavy atom. The first kappa shape index (κ1) is 17.4. The second kappa shape index (κ2) is 8.62. The maximum Gasteiger partial charge on any atom is 0.317 e. The van der Waals surface area contributed by atoms with Crippen LogP contribution in [0.5, 0.6) is 0 Å². The first-order valence-corrected chi connectivity index (χ1v) is 8.88. The van der Waals surface area contributed by atoms with Gasteiger partial charge >= 0.3 is 6.03 Å². The van der Waals surface area contributed by atoms with Gasteiger partial charge in [0.05, 0.1) is 12.2 Å². The van der Waals surface area contributed by atoms with Crippen LogP contribution in [0.4, 0.5) is 4.79 Å². The fourth-order valence-corrected chi connectivity index (χ4v) is 3.17. The fourth-order valence-electron chi connectivity index (χ4n) is 3.17. The van der Waals surface area contributed by atoms with E-state index < -0.39 is 0 Å². The molecular formula is C20H26N4O. The van der Waals surface area contributed by atoms with Crippen molar-refractivity contribution < 1.29 is 4.79 Å². The lowest BCUT2D eigenvalue weighted by molar-refractivity contribution is 0.173. The molecular weight excluding hydrogens is 312 g/mol. The number of piperidine rings is 1. The van der Waals surface area contributed by atoms with Gasteiger partial charge in [-0.25, -0.2) is 4.79 Å². The van der Waals surface area contributed by atoms with Crippen LogP contribution in [0, 0.1) is 0 Å². The van der Waals surface area contributed by atoms with Gasteiger partial charge < -0.3 is 10.2 Å². The lowest BCUT2D eigenvalue weighted by atomic mass is 10.0. The summed E-state index contributed by atoms with van der Waals surface area (Å²) in [5.41, 5.74) is 2.25. The largest absolute Gasteiger partial charge is 0.335 e. The molecule has 2 heterocycles. The van der Waals surface area contributed by atoms with Gasteiger partial charge in [0, 0.05) is 38.9 Å². The van der Waals surface area contributed by atoms with Crippen LogP contribution in [0.1, 0.15) is 24.1 Å². The first-order chi connectivity index (χ1) is 12.2. The molecule has 1 aliphatic rings. The number of carbonyl (C=O) groups is 1. The zero-order valence-electron chi connectivity index (χ0n) is 14.8. The van der Waals surface area contributed by atoms with E-state index in [9.17, 15) is 4.79 Å². The van der Waals surface area contributed by atoms with Crippen molar-refractivity contribution in [3.05, 3.63) is 66.0 Å². The second-order valence-electron chi connectivity index (χ2n) is 6.66. The number of hydrogen-bond acceptors (Lipinski definition) is 3. The molecule has 5 heteroatoms. The molecule has 1 aromatic carbocycles. The predicted octanol–water partition coefficient (Wildman–Crippen LogP) is 2.89. The first-order valence-electron chi connectivity index (χ1n) is 8.88. The summed E-state index contributed by atoms with van der Waals surface area (Å²) in [7, 11) is 1.81. The number of urea groups is 1. The summed E-state index contributed by atoms with van der Waals surface area (Å²) in [5.74, 6) is 0. The van der Waals surface area contributed by atoms with E-state index in [4.69, 9.17) is 0 Å². The molecule has 25 heavy (non-hydrogen) atoms. The Morgan fingerprint density at radius 3 is 2.56 bits per heavy atom. The van der Waals surface area contributed by atoms with Gasteiger partial charge in [-0.3, -0.25) is 9.88 Å². The topological polar surface area (TPSA) is 48.5 Å². The number of likely N-dealkylation sites (tertiary alicyclic amines) is 1. The molecule has 1 N–H and O–H groups in total. The Bertz CT molecular complexity index is 654. The van der Waals surface area contributed by atoms with Crippen molar-refractivity contribution in [1.29, 1.82) is 0 Å². The summed E-state index contributed by atoms with van der Waals surface area (Å²) in [6.45, 7) is 3.55. The van der Waals surface area contributed by atoms with Crippen molar-refractivity contribution in [2.45, 2.75) is 32.0 Å². The predicted molar refractivity (Wildman–Crippen MR) is 99.0 cm³/mol. The molecule has 1 aromatic heterocycles. The fraction of sp³-hybridized carbons (Fsp3) is 0.400. The van der Waals surface area contributed by atoms with Crippen molar-refractivity contribution in [3.63, 3.8) is 0 Å². The molecule has 1 fully saturated rings. The third-order valence-electron chi connectivity index (χ3n) is 4.64. The molecule has 3 rings (SSSR count). The van der Waals surface area contributed by atoms with Crippen molar-refractivity contribution in [1.82, 2.24) is 20.1 Å². The molecule has 2 amide bonds. The van der Waals surface area contributed by atoms with Gasteiger partial charge in [0.2, 0.25) is 0 Å². The molecule has 0 bridgehead atoms. The van der Waals surface area contributed by atoms with E-state index in [2.05, 4.69) is 39.5 Å². The lowest BCUT2D eigenvalue weighted by Crippen LogP contribution is -2.48. The highest BCUT2D eigenvalue weighted by Crippen LogP contribution is 2.14. The highest BCUT2D eigenvalue weighted by molar-refractivity contribution is 5.74. The van der Waals surface area contributed by atoms with Gasteiger partial charge in [0.15, 0.2) is 0 Å². The highest BCUT2D eigenvalue weighted by Gasteiger charge is 2.22. The molecule has 0 aliphatic carbocycles. The number of hydrogen-bond donors (Lipinski definition) is 1. The number of amides is 2. The lowest BCUT2D eigenvalue weighted by Gasteiger charge is -2.33. The van der Waals surface area contributed by atoms with E-state index in [-0.39, 0.29) is 12.1 Å². The Labute approximate surface area is 149 Å². The number of aromatic nitrogens is 1. The maximum atomic E-state index is 12.4. The van der Waals surface area contributed by atoms with Crippen molar-refractivity contribution in [3.8, 4) is 0 Å². The van der Waals surface area contributed by atoms with E-state index >= 15 is 0 Å². The summed E-state index contributed by atoms with van der Waals surface area (Å²) in [6, 6.07) is 16.5. The number of benzene rings is 1. The summed E-state index contributed by atoms with van der Waals surface area (Å²) < 4.78 is 0. The highest BCUT2D eigenvalue weighted by atomic mass is 16.2. The van der Waals surface area contributed by atoms with Crippen molar-refractivity contribution >= 4 is 6.03 Å². The molecule has 132 valence electrons. The van der Waals surface area contributed by atoms with E-state index in [0.29, 0.717) is 6.54 Å². The summed E-state index contributed by atoms with van der Waals surface area (Å²) in [4.78, 5) is 20.8. The third kappa shape index (κ3) is 5.29. The number of nitrogens with zero attached hydrogens (tertiary/aromatic N) is 3. The maximum absolute atomic E-state index is 12.4. The Balaban J connectivity index is 1.41. The summed E-state index contributed by atoms with van der Waals surface area (Å²) in [6.07, 6.45) is 3.75. The van der Waals surface area contributed by atoms with Gasteiger partial charge in [0.25, 0.3) is 0 Å². The normalized spacial score (nSPS) is 15.7. The zero-order chi connectivity index (χ0) is 17.5. The summed E-state index contributed by atoms with van der Waals surface area (Å²) in [5, 5.41) is 3.16. The minimum atomic E-state index is -0.0211. The molecule has 5 nitrogen and oxygen atoms in total. The van der Waals surface area contributed by atoms with E-state index in [0.717, 1.165) is 38.2 Å². The van der Waals surface area contributed by atoms with Crippen molar-refractivity contribution in [2.24, 2.45) is 0 Å². The molecule has 1 saturated heterocycles. The molecule has 0 spiro atoms. The molecule has 0 unspecified atom stereocenters. The van der Waals surface area contributed by atoms with Crippen LogP contribution in [0.25, 0.3) is 0 Å². The molecule has 0 radical (unpaired) electrons. The number of pyridine rings is 1. The number of rotatable bonds is 5. The monoisotopic (exact) mass is 338 g/mol. The van der Waals surface area contributed by atoms with Crippen molar-refractivity contribution in [2.75, 3.05) is 20.1 Å². The third-order valence-corrected chi connectivity index (χ3v) is 4.64. The number of carbonyl (C=O) groups excluding carboxylic acids is 1. The van der Waals surface area contributed by atoms with Gasteiger partial charge in [-0.2, -0.15) is 0 Å². The summed E-state index contributed by atoms with van der Waals surface area (Å²) >= 11 is 0.